The fourth-order valence-corrected chi connectivity index (χ4v) is 5.99. The summed E-state index contributed by atoms with van der Waals surface area (Å²) in [6.45, 7) is 7.46. The highest BCUT2D eigenvalue weighted by Gasteiger charge is 2.33. The molecular formula is C31H37Cl2N3O5S. The number of benzene rings is 3. The number of sulfonamides is 1. The highest BCUT2D eigenvalue weighted by molar-refractivity contribution is 7.92. The third kappa shape index (κ3) is 8.40. The molecule has 0 aromatic heterocycles. The van der Waals surface area contributed by atoms with Crippen molar-refractivity contribution < 1.29 is 22.7 Å². The van der Waals surface area contributed by atoms with E-state index < -0.39 is 28.5 Å². The smallest absolute Gasteiger partial charge is 0.264 e. The van der Waals surface area contributed by atoms with Crippen molar-refractivity contribution in [1.29, 1.82) is 0 Å². The van der Waals surface area contributed by atoms with Crippen LogP contribution in [0.1, 0.15) is 44.7 Å². The minimum absolute atomic E-state index is 0.00358. The lowest BCUT2D eigenvalue weighted by Crippen LogP contribution is -2.51. The number of aryl methyl sites for hydroxylation is 1. The summed E-state index contributed by atoms with van der Waals surface area (Å²) in [5.74, 6) is -0.620. The van der Waals surface area contributed by atoms with Gasteiger partial charge in [0.05, 0.1) is 27.2 Å². The summed E-state index contributed by atoms with van der Waals surface area (Å²) in [4.78, 5) is 28.6. The maximum Gasteiger partial charge on any atom is 0.264 e. The predicted octanol–water partition coefficient (Wildman–Crippen LogP) is 6.23. The number of amides is 2. The number of nitrogens with one attached hydrogen (secondary N) is 1. The van der Waals surface area contributed by atoms with Gasteiger partial charge < -0.3 is 15.0 Å². The Kier molecular flexibility index (Phi) is 12.1. The van der Waals surface area contributed by atoms with Crippen LogP contribution in [0.5, 0.6) is 5.75 Å². The van der Waals surface area contributed by atoms with Gasteiger partial charge in [-0.15, -0.1) is 0 Å². The first-order valence-electron chi connectivity index (χ1n) is 13.8. The van der Waals surface area contributed by atoms with Crippen molar-refractivity contribution in [3.05, 3.63) is 87.9 Å². The second-order valence-corrected chi connectivity index (χ2v) is 12.5. The Labute approximate surface area is 258 Å². The van der Waals surface area contributed by atoms with Gasteiger partial charge in [0.1, 0.15) is 18.3 Å². The number of unbranched alkanes of at least 4 members (excludes halogenated alkanes) is 1. The van der Waals surface area contributed by atoms with Crippen molar-refractivity contribution in [3.63, 3.8) is 0 Å². The molecule has 1 atom stereocenters. The van der Waals surface area contributed by atoms with Gasteiger partial charge in [0.2, 0.25) is 11.8 Å². The van der Waals surface area contributed by atoms with E-state index in [0.29, 0.717) is 34.5 Å². The van der Waals surface area contributed by atoms with Crippen molar-refractivity contribution in [3.8, 4) is 5.75 Å². The van der Waals surface area contributed by atoms with Crippen molar-refractivity contribution in [2.24, 2.45) is 0 Å². The molecule has 0 heterocycles. The average Bonchev–Trinajstić information content (AvgIpc) is 2.96. The van der Waals surface area contributed by atoms with Crippen molar-refractivity contribution in [2.75, 3.05) is 24.0 Å². The molecule has 3 aromatic rings. The van der Waals surface area contributed by atoms with Gasteiger partial charge in [-0.05, 0) is 69.2 Å². The molecule has 0 bridgehead atoms. The number of hydrogen-bond acceptors (Lipinski definition) is 5. The summed E-state index contributed by atoms with van der Waals surface area (Å²) in [6, 6.07) is 17.1. The van der Waals surface area contributed by atoms with E-state index in [2.05, 4.69) is 5.32 Å². The van der Waals surface area contributed by atoms with E-state index in [0.717, 1.165) is 22.7 Å². The van der Waals surface area contributed by atoms with E-state index in [1.54, 1.807) is 68.4 Å². The molecule has 226 valence electrons. The van der Waals surface area contributed by atoms with E-state index in [9.17, 15) is 18.0 Å². The zero-order valence-corrected chi connectivity index (χ0v) is 26.6. The highest BCUT2D eigenvalue weighted by atomic mass is 35.5. The van der Waals surface area contributed by atoms with Gasteiger partial charge in [0.15, 0.2) is 0 Å². The van der Waals surface area contributed by atoms with Crippen molar-refractivity contribution in [2.45, 2.75) is 58.0 Å². The number of carbonyl (C=O) groups is 2. The van der Waals surface area contributed by atoms with Gasteiger partial charge in [0, 0.05) is 13.1 Å². The molecule has 3 rings (SSSR count). The number of halogens is 2. The maximum absolute atomic E-state index is 14.1. The molecule has 1 N–H and O–H groups in total. The lowest BCUT2D eigenvalue weighted by molar-refractivity contribution is -0.139. The number of nitrogens with zero attached hydrogens (tertiary/aromatic N) is 2. The molecule has 0 fully saturated rings. The van der Waals surface area contributed by atoms with Crippen molar-refractivity contribution in [1.82, 2.24) is 10.2 Å². The Morgan fingerprint density at radius 1 is 0.976 bits per heavy atom. The number of carbonyl (C=O) groups excluding carboxylic acids is 2. The molecule has 0 unspecified atom stereocenters. The molecule has 42 heavy (non-hydrogen) atoms. The molecule has 0 saturated carbocycles. The lowest BCUT2D eigenvalue weighted by Gasteiger charge is -2.32. The normalized spacial score (nSPS) is 12.0. The van der Waals surface area contributed by atoms with E-state index in [1.807, 2.05) is 13.8 Å². The molecule has 0 aliphatic rings. The SMILES string of the molecule is CCCCNC(=O)[C@H](C)N(Cc1ccc(Cl)c(Cl)c1)C(=O)CN(c1ccccc1OCC)S(=O)(=O)c1ccc(C)cc1. The van der Waals surface area contributed by atoms with Gasteiger partial charge >= 0.3 is 0 Å². The van der Waals surface area contributed by atoms with E-state index >= 15 is 0 Å². The van der Waals surface area contributed by atoms with Crippen molar-refractivity contribution >= 4 is 50.7 Å². The Morgan fingerprint density at radius 2 is 1.67 bits per heavy atom. The van der Waals surface area contributed by atoms with Crippen LogP contribution in [0.2, 0.25) is 10.0 Å². The molecule has 0 saturated heterocycles. The lowest BCUT2D eigenvalue weighted by atomic mass is 10.1. The zero-order chi connectivity index (χ0) is 30.9. The largest absolute Gasteiger partial charge is 0.492 e. The molecule has 0 radical (unpaired) electrons. The molecule has 0 spiro atoms. The number of ether oxygens (including phenoxy) is 1. The summed E-state index contributed by atoms with van der Waals surface area (Å²) in [6.07, 6.45) is 1.68. The van der Waals surface area contributed by atoms with Gasteiger partial charge in [-0.3, -0.25) is 13.9 Å². The minimum Gasteiger partial charge on any atom is -0.492 e. The second kappa shape index (κ2) is 15.3. The van der Waals surface area contributed by atoms with Crippen LogP contribution in [0, 0.1) is 6.92 Å². The molecule has 2 amide bonds. The van der Waals surface area contributed by atoms with Crippen LogP contribution in [-0.4, -0.2) is 50.9 Å². The second-order valence-electron chi connectivity index (χ2n) is 9.82. The summed E-state index contributed by atoms with van der Waals surface area (Å²) >= 11 is 12.3. The molecule has 0 aliphatic heterocycles. The van der Waals surface area contributed by atoms with Crippen LogP contribution in [0.4, 0.5) is 5.69 Å². The first-order chi connectivity index (χ1) is 20.0. The minimum atomic E-state index is -4.22. The van der Waals surface area contributed by atoms with Crippen LogP contribution in [0.15, 0.2) is 71.6 Å². The highest BCUT2D eigenvalue weighted by Crippen LogP contribution is 2.33. The monoisotopic (exact) mass is 633 g/mol. The Balaban J connectivity index is 2.06. The first-order valence-corrected chi connectivity index (χ1v) is 16.0. The van der Waals surface area contributed by atoms with E-state index in [4.69, 9.17) is 27.9 Å². The third-order valence-electron chi connectivity index (χ3n) is 6.66. The van der Waals surface area contributed by atoms with Gasteiger partial charge in [-0.25, -0.2) is 8.42 Å². The number of para-hydroxylation sites is 2. The maximum atomic E-state index is 14.1. The Bertz CT molecular complexity index is 1480. The van der Waals surface area contributed by atoms with Crippen LogP contribution in [0.25, 0.3) is 0 Å². The van der Waals surface area contributed by atoms with Gasteiger partial charge in [0.25, 0.3) is 10.0 Å². The van der Waals surface area contributed by atoms with Crippen LogP contribution in [0.3, 0.4) is 0 Å². The average molecular weight is 635 g/mol. The third-order valence-corrected chi connectivity index (χ3v) is 9.17. The summed E-state index contributed by atoms with van der Waals surface area (Å²) in [5, 5.41) is 3.52. The summed E-state index contributed by atoms with van der Waals surface area (Å²) < 4.78 is 34.9. The predicted molar refractivity (Wildman–Crippen MR) is 168 cm³/mol. The van der Waals surface area contributed by atoms with E-state index in [-0.39, 0.29) is 23.0 Å². The Morgan fingerprint density at radius 3 is 2.31 bits per heavy atom. The van der Waals surface area contributed by atoms with Gasteiger partial charge in [-0.1, -0.05) is 72.4 Å². The fraction of sp³-hybridized carbons (Fsp3) is 0.355. The summed E-state index contributed by atoms with van der Waals surface area (Å²) in [7, 11) is -4.22. The molecule has 11 heteroatoms. The Hall–Kier alpha value is -3.27. The molecule has 8 nitrogen and oxygen atoms in total. The number of rotatable bonds is 14. The topological polar surface area (TPSA) is 96.0 Å². The number of hydrogen-bond donors (Lipinski definition) is 1. The quantitative estimate of drug-likeness (QED) is 0.212. The first kappa shape index (κ1) is 33.2. The fourth-order valence-electron chi connectivity index (χ4n) is 4.24. The van der Waals surface area contributed by atoms with Crippen LogP contribution in [-0.2, 0) is 26.2 Å². The summed E-state index contributed by atoms with van der Waals surface area (Å²) in [5.41, 5.74) is 1.73. The number of anilines is 1. The standard InChI is InChI=1S/C31H37Cl2N3O5S/c1-5-7-18-34-31(38)23(4)35(20-24-14-17-26(32)27(33)19-24)30(37)21-36(28-10-8-9-11-29(28)41-6-2)42(39,40)25-15-12-22(3)13-16-25/h8-17,19,23H,5-7,18,20-21H2,1-4H3,(H,34,38)/t23-/m0/s1. The molecule has 0 aliphatic carbocycles. The van der Waals surface area contributed by atoms with Crippen LogP contribution >= 0.6 is 23.2 Å². The zero-order valence-electron chi connectivity index (χ0n) is 24.3. The van der Waals surface area contributed by atoms with Crippen LogP contribution < -0.4 is 14.4 Å². The van der Waals surface area contributed by atoms with E-state index in [1.165, 1.54) is 17.0 Å². The van der Waals surface area contributed by atoms with Gasteiger partial charge in [-0.2, -0.15) is 0 Å². The molecular weight excluding hydrogens is 597 g/mol. The molecule has 3 aromatic carbocycles.